The Morgan fingerprint density at radius 2 is 1.93 bits per heavy atom. The third-order valence-corrected chi connectivity index (χ3v) is 7.87. The second-order valence-electron chi connectivity index (χ2n) is 5.55. The Labute approximate surface area is 104 Å². The van der Waals surface area contributed by atoms with Crippen LogP contribution >= 0.6 is 16.8 Å². The highest BCUT2D eigenvalue weighted by Gasteiger charge is 2.23. The molecule has 0 amide bonds. The SMILES string of the molecule is CCCC(C)CSP(O)(=S)CC(C)(C)C. The molecule has 1 nitrogen and oxygen atoms in total. The Balaban J connectivity index is 3.99. The molecule has 0 aliphatic heterocycles. The predicted octanol–water partition coefficient (Wildman–Crippen LogP) is 4.50. The van der Waals surface area contributed by atoms with E-state index < -0.39 is 5.47 Å². The molecule has 0 bridgehead atoms. The summed E-state index contributed by atoms with van der Waals surface area (Å²) in [6, 6.07) is 0. The lowest BCUT2D eigenvalue weighted by atomic mass is 10.0. The maximum Gasteiger partial charge on any atom is 0.117 e. The molecule has 0 aliphatic carbocycles. The lowest BCUT2D eigenvalue weighted by Gasteiger charge is -2.25. The molecule has 0 radical (unpaired) electrons. The monoisotopic (exact) mass is 268 g/mol. The first-order chi connectivity index (χ1) is 6.66. The molecular weight excluding hydrogens is 243 g/mol. The van der Waals surface area contributed by atoms with Crippen molar-refractivity contribution in [3.8, 4) is 0 Å². The Kier molecular flexibility index (Phi) is 7.06. The molecule has 1 N–H and O–H groups in total. The molecule has 0 heterocycles. The van der Waals surface area contributed by atoms with E-state index in [1.54, 1.807) is 11.4 Å². The molecule has 4 heteroatoms. The zero-order chi connectivity index (χ0) is 12.1. The molecular formula is C11H25OPS2. The highest BCUT2D eigenvalue weighted by Crippen LogP contribution is 2.58. The van der Waals surface area contributed by atoms with E-state index in [0.717, 1.165) is 11.9 Å². The van der Waals surface area contributed by atoms with Crippen LogP contribution in [0.15, 0.2) is 0 Å². The van der Waals surface area contributed by atoms with Gasteiger partial charge >= 0.3 is 0 Å². The lowest BCUT2D eigenvalue weighted by molar-refractivity contribution is 0.464. The van der Waals surface area contributed by atoms with Gasteiger partial charge in [0.2, 0.25) is 0 Å². The zero-order valence-electron chi connectivity index (χ0n) is 10.6. The average molecular weight is 268 g/mol. The van der Waals surface area contributed by atoms with Gasteiger partial charge in [-0.05, 0) is 11.3 Å². The van der Waals surface area contributed by atoms with Crippen LogP contribution in [0.5, 0.6) is 0 Å². The summed E-state index contributed by atoms with van der Waals surface area (Å²) in [6.45, 7) is 10.9. The van der Waals surface area contributed by atoms with Gasteiger partial charge in [-0.25, -0.2) is 0 Å². The fraction of sp³-hybridized carbons (Fsp3) is 1.00. The summed E-state index contributed by atoms with van der Waals surface area (Å²) in [6.07, 6.45) is 3.23. The molecule has 0 aromatic rings. The van der Waals surface area contributed by atoms with E-state index in [1.807, 2.05) is 0 Å². The van der Waals surface area contributed by atoms with E-state index in [0.29, 0.717) is 5.92 Å². The molecule has 2 atom stereocenters. The van der Waals surface area contributed by atoms with Gasteiger partial charge in [0.05, 0.1) is 0 Å². The molecule has 0 spiro atoms. The van der Waals surface area contributed by atoms with Crippen molar-refractivity contribution in [2.45, 2.75) is 47.5 Å². The van der Waals surface area contributed by atoms with Crippen LogP contribution in [0.4, 0.5) is 0 Å². The highest BCUT2D eigenvalue weighted by atomic mass is 32.9. The molecule has 0 aromatic carbocycles. The van der Waals surface area contributed by atoms with Crippen LogP contribution in [0.1, 0.15) is 47.5 Å². The van der Waals surface area contributed by atoms with E-state index in [2.05, 4.69) is 34.6 Å². The average Bonchev–Trinajstić information content (AvgIpc) is 1.97. The third kappa shape index (κ3) is 9.86. The van der Waals surface area contributed by atoms with Gasteiger partial charge in [0.15, 0.2) is 0 Å². The van der Waals surface area contributed by atoms with Crippen molar-refractivity contribution in [3.05, 3.63) is 0 Å². The number of hydrogen-bond donors (Lipinski definition) is 1. The standard InChI is InChI=1S/C11H25OPS2/c1-6-7-10(2)8-15-13(12,14)9-11(3,4)5/h10H,6-9H2,1-5H3,(H,12,14). The zero-order valence-corrected chi connectivity index (χ0v) is 13.1. The normalized spacial score (nSPS) is 18.5. The van der Waals surface area contributed by atoms with Crippen molar-refractivity contribution < 1.29 is 4.89 Å². The Hall–Kier alpha value is 0.960. The summed E-state index contributed by atoms with van der Waals surface area (Å²) in [4.78, 5) is 10.2. The van der Waals surface area contributed by atoms with Gasteiger partial charge in [-0.3, -0.25) is 0 Å². The molecule has 0 rings (SSSR count). The first kappa shape index (κ1) is 16.0. The van der Waals surface area contributed by atoms with Crippen LogP contribution in [-0.4, -0.2) is 16.8 Å². The summed E-state index contributed by atoms with van der Waals surface area (Å²) in [5.41, 5.74) is -2.00. The summed E-state index contributed by atoms with van der Waals surface area (Å²) in [7, 11) is 0. The second-order valence-corrected chi connectivity index (χ2v) is 12.8. The topological polar surface area (TPSA) is 20.2 Å². The number of rotatable bonds is 6. The van der Waals surface area contributed by atoms with E-state index in [1.165, 1.54) is 12.8 Å². The van der Waals surface area contributed by atoms with Crippen LogP contribution < -0.4 is 0 Å². The van der Waals surface area contributed by atoms with E-state index in [4.69, 9.17) is 11.8 Å². The fourth-order valence-electron chi connectivity index (χ4n) is 1.46. The minimum Gasteiger partial charge on any atom is -0.357 e. The van der Waals surface area contributed by atoms with Gasteiger partial charge in [0, 0.05) is 11.9 Å². The van der Waals surface area contributed by atoms with Gasteiger partial charge in [-0.15, -0.1) is 0 Å². The summed E-state index contributed by atoms with van der Waals surface area (Å²) >= 11 is 6.96. The van der Waals surface area contributed by atoms with Crippen molar-refractivity contribution in [2.75, 3.05) is 11.9 Å². The Morgan fingerprint density at radius 3 is 2.33 bits per heavy atom. The first-order valence-corrected chi connectivity index (χ1v) is 10.2. The maximum absolute atomic E-state index is 10.2. The Bertz CT molecular complexity index is 223. The molecule has 92 valence electrons. The van der Waals surface area contributed by atoms with Gasteiger partial charge in [-0.2, -0.15) is 0 Å². The molecule has 0 aromatic heterocycles. The van der Waals surface area contributed by atoms with Crippen LogP contribution in [-0.2, 0) is 11.8 Å². The smallest absolute Gasteiger partial charge is 0.117 e. The quantitative estimate of drug-likeness (QED) is 0.716. The van der Waals surface area contributed by atoms with Gasteiger partial charge in [-0.1, -0.05) is 70.6 Å². The fourth-order valence-corrected chi connectivity index (χ4v) is 8.02. The third-order valence-electron chi connectivity index (χ3n) is 2.02. The minimum atomic E-state index is -2.14. The van der Waals surface area contributed by atoms with Crippen molar-refractivity contribution in [3.63, 3.8) is 0 Å². The van der Waals surface area contributed by atoms with Crippen LogP contribution in [0, 0.1) is 11.3 Å². The molecule has 0 aliphatic rings. The van der Waals surface area contributed by atoms with Crippen LogP contribution in [0.25, 0.3) is 0 Å². The van der Waals surface area contributed by atoms with Crippen molar-refractivity contribution in [2.24, 2.45) is 11.3 Å². The van der Waals surface area contributed by atoms with Gasteiger partial charge in [0.25, 0.3) is 0 Å². The largest absolute Gasteiger partial charge is 0.357 e. The van der Waals surface area contributed by atoms with E-state index in [9.17, 15) is 4.89 Å². The first-order valence-electron chi connectivity index (χ1n) is 5.62. The van der Waals surface area contributed by atoms with Crippen LogP contribution in [0.3, 0.4) is 0 Å². The van der Waals surface area contributed by atoms with Gasteiger partial charge in [0.1, 0.15) is 5.47 Å². The molecule has 0 fully saturated rings. The summed E-state index contributed by atoms with van der Waals surface area (Å²) in [5, 5.41) is 0. The van der Waals surface area contributed by atoms with Crippen LogP contribution in [0.2, 0.25) is 0 Å². The van der Waals surface area contributed by atoms with E-state index >= 15 is 0 Å². The highest BCUT2D eigenvalue weighted by molar-refractivity contribution is 8.69. The van der Waals surface area contributed by atoms with E-state index in [-0.39, 0.29) is 5.41 Å². The van der Waals surface area contributed by atoms with Gasteiger partial charge < -0.3 is 4.89 Å². The molecule has 0 saturated carbocycles. The minimum absolute atomic E-state index is 0.144. The molecule has 2 unspecified atom stereocenters. The van der Waals surface area contributed by atoms with Crippen molar-refractivity contribution in [1.29, 1.82) is 0 Å². The summed E-state index contributed by atoms with van der Waals surface area (Å²) in [5.74, 6) is 1.69. The Morgan fingerprint density at radius 1 is 1.40 bits per heavy atom. The molecule has 15 heavy (non-hydrogen) atoms. The van der Waals surface area contributed by atoms with Crippen molar-refractivity contribution >= 4 is 28.7 Å². The molecule has 0 saturated heterocycles. The number of hydrogen-bond acceptors (Lipinski definition) is 2. The maximum atomic E-state index is 10.2. The second kappa shape index (κ2) is 6.64. The predicted molar refractivity (Wildman–Crippen MR) is 77.4 cm³/mol. The summed E-state index contributed by atoms with van der Waals surface area (Å²) < 4.78 is 0. The van der Waals surface area contributed by atoms with Crippen molar-refractivity contribution in [1.82, 2.24) is 0 Å². The lowest BCUT2D eigenvalue weighted by Crippen LogP contribution is -2.11.